The van der Waals surface area contributed by atoms with Gasteiger partial charge in [0.05, 0.1) is 12.4 Å². The maximum absolute atomic E-state index is 5.78. The third kappa shape index (κ3) is 6.55. The molecule has 0 aliphatic carbocycles. The Kier molecular flexibility index (Phi) is 7.70. The van der Waals surface area contributed by atoms with Crippen molar-refractivity contribution in [2.24, 2.45) is 0 Å². The Morgan fingerprint density at radius 3 is 2.57 bits per heavy atom. The average Bonchev–Trinajstić information content (AvgIpc) is 3.18. The summed E-state index contributed by atoms with van der Waals surface area (Å²) in [6.45, 7) is 1.57. The van der Waals surface area contributed by atoms with Crippen LogP contribution in [0, 0.1) is 0 Å². The third-order valence-corrected chi connectivity index (χ3v) is 4.78. The van der Waals surface area contributed by atoms with E-state index in [1.165, 1.54) is 0 Å². The summed E-state index contributed by atoms with van der Waals surface area (Å²) in [4.78, 5) is 2.12. The summed E-state index contributed by atoms with van der Waals surface area (Å²) in [5, 5.41) is 8.30. The highest BCUT2D eigenvalue weighted by Gasteiger charge is 2.08. The van der Waals surface area contributed by atoms with Gasteiger partial charge in [0.15, 0.2) is 0 Å². The molecule has 6 heteroatoms. The van der Waals surface area contributed by atoms with Crippen LogP contribution in [0.15, 0.2) is 65.1 Å². The predicted molar refractivity (Wildman–Crippen MR) is 115 cm³/mol. The first-order chi connectivity index (χ1) is 13.7. The molecule has 0 unspecified atom stereocenters. The molecule has 0 fully saturated rings. The van der Waals surface area contributed by atoms with Crippen LogP contribution in [0.3, 0.4) is 0 Å². The lowest BCUT2D eigenvalue weighted by atomic mass is 10.1. The van der Waals surface area contributed by atoms with Gasteiger partial charge in [0.1, 0.15) is 5.75 Å². The molecule has 0 aliphatic rings. The number of rotatable bonds is 10. The van der Waals surface area contributed by atoms with E-state index in [1.807, 2.05) is 42.5 Å². The van der Waals surface area contributed by atoms with Gasteiger partial charge >= 0.3 is 0 Å². The van der Waals surface area contributed by atoms with Crippen molar-refractivity contribution in [2.75, 3.05) is 33.0 Å². The molecule has 0 saturated heterocycles. The van der Waals surface area contributed by atoms with Crippen molar-refractivity contribution in [3.8, 4) is 17.2 Å². The van der Waals surface area contributed by atoms with Crippen LogP contribution in [0.5, 0.6) is 5.75 Å². The van der Waals surface area contributed by atoms with Crippen LogP contribution in [0.1, 0.15) is 11.5 Å². The minimum atomic E-state index is 0.556. The lowest BCUT2D eigenvalue weighted by Gasteiger charge is -2.04. The topological polar surface area (TPSA) is 51.4 Å². The molecule has 3 aromatic rings. The van der Waals surface area contributed by atoms with Gasteiger partial charge in [0, 0.05) is 17.9 Å². The highest BCUT2D eigenvalue weighted by molar-refractivity contribution is 7.98. The largest absolute Gasteiger partial charge is 0.493 e. The minimum absolute atomic E-state index is 0.556. The minimum Gasteiger partial charge on any atom is -0.493 e. The molecule has 0 amide bonds. The lowest BCUT2D eigenvalue weighted by molar-refractivity contribution is 0.344. The first-order valence-electron chi connectivity index (χ1n) is 9.20. The zero-order valence-corrected chi connectivity index (χ0v) is 17.1. The molecule has 146 valence electrons. The van der Waals surface area contributed by atoms with E-state index < -0.39 is 0 Å². The van der Waals surface area contributed by atoms with Crippen molar-refractivity contribution in [3.63, 3.8) is 0 Å². The van der Waals surface area contributed by atoms with Gasteiger partial charge in [-0.2, -0.15) is 0 Å². The number of likely N-dealkylation sites (N-methyl/N-ethyl adjacent to an activating group) is 1. The highest BCUT2D eigenvalue weighted by Crippen LogP contribution is 2.21. The van der Waals surface area contributed by atoms with E-state index in [0.717, 1.165) is 29.2 Å². The van der Waals surface area contributed by atoms with Gasteiger partial charge in [-0.25, -0.2) is 0 Å². The van der Waals surface area contributed by atoms with Gasteiger partial charge in [-0.1, -0.05) is 42.5 Å². The number of para-hydroxylation sites is 1. The van der Waals surface area contributed by atoms with Crippen molar-refractivity contribution in [3.05, 3.63) is 72.1 Å². The van der Waals surface area contributed by atoms with E-state index in [-0.39, 0.29) is 0 Å². The summed E-state index contributed by atoms with van der Waals surface area (Å²) in [7, 11) is 4.10. The lowest BCUT2D eigenvalue weighted by Crippen LogP contribution is -2.10. The van der Waals surface area contributed by atoms with Gasteiger partial charge in [0.2, 0.25) is 11.8 Å². The van der Waals surface area contributed by atoms with Crippen molar-refractivity contribution in [1.82, 2.24) is 15.1 Å². The number of benzene rings is 2. The number of hydrogen-bond acceptors (Lipinski definition) is 6. The molecule has 2 aromatic carbocycles. The van der Waals surface area contributed by atoms with Gasteiger partial charge in [-0.15, -0.1) is 22.0 Å². The van der Waals surface area contributed by atoms with Crippen LogP contribution in [-0.4, -0.2) is 48.1 Å². The Morgan fingerprint density at radius 2 is 1.82 bits per heavy atom. The van der Waals surface area contributed by atoms with Crippen molar-refractivity contribution in [2.45, 2.75) is 5.75 Å². The second kappa shape index (κ2) is 10.7. The van der Waals surface area contributed by atoms with Crippen LogP contribution in [0.25, 0.3) is 17.5 Å². The zero-order chi connectivity index (χ0) is 19.6. The molecule has 0 saturated carbocycles. The van der Waals surface area contributed by atoms with Gasteiger partial charge in [-0.3, -0.25) is 0 Å². The van der Waals surface area contributed by atoms with E-state index >= 15 is 0 Å². The van der Waals surface area contributed by atoms with Gasteiger partial charge in [0.25, 0.3) is 0 Å². The highest BCUT2D eigenvalue weighted by atomic mass is 32.2. The van der Waals surface area contributed by atoms with E-state index in [0.29, 0.717) is 24.1 Å². The van der Waals surface area contributed by atoms with Crippen molar-refractivity contribution in [1.29, 1.82) is 0 Å². The summed E-state index contributed by atoms with van der Waals surface area (Å²) >= 11 is 1.71. The summed E-state index contributed by atoms with van der Waals surface area (Å²) in [6, 6.07) is 18.0. The molecule has 0 atom stereocenters. The maximum Gasteiger partial charge on any atom is 0.247 e. The first kappa shape index (κ1) is 20.2. The third-order valence-electron chi connectivity index (χ3n) is 3.87. The smallest absolute Gasteiger partial charge is 0.247 e. The van der Waals surface area contributed by atoms with Gasteiger partial charge in [-0.05, 0) is 43.9 Å². The predicted octanol–water partition coefficient (Wildman–Crippen LogP) is 4.62. The number of nitrogens with zero attached hydrogens (tertiary/aromatic N) is 3. The molecule has 28 heavy (non-hydrogen) atoms. The average molecular weight is 396 g/mol. The molecule has 0 radical (unpaired) electrons. The molecular weight excluding hydrogens is 370 g/mol. The fraction of sp³-hybridized carbons (Fsp3) is 0.273. The number of aromatic nitrogens is 2. The van der Waals surface area contributed by atoms with Crippen LogP contribution >= 0.6 is 11.8 Å². The fourth-order valence-electron chi connectivity index (χ4n) is 2.46. The van der Waals surface area contributed by atoms with E-state index in [1.54, 1.807) is 11.8 Å². The SMILES string of the molecule is CN(C)C/C=C/c1ccc(-c2nnc(CSCCOc3ccccc3)o2)cc1. The Bertz CT molecular complexity index is 861. The van der Waals surface area contributed by atoms with Crippen LogP contribution < -0.4 is 4.74 Å². The van der Waals surface area contributed by atoms with Crippen LogP contribution in [0.4, 0.5) is 0 Å². The van der Waals surface area contributed by atoms with Crippen molar-refractivity contribution < 1.29 is 9.15 Å². The maximum atomic E-state index is 5.78. The summed E-state index contributed by atoms with van der Waals surface area (Å²) in [5.74, 6) is 3.62. The monoisotopic (exact) mass is 395 g/mol. The number of ether oxygens (including phenoxy) is 1. The molecule has 0 bridgehead atoms. The van der Waals surface area contributed by atoms with Gasteiger partial charge < -0.3 is 14.1 Å². The van der Waals surface area contributed by atoms with E-state index in [9.17, 15) is 0 Å². The summed E-state index contributed by atoms with van der Waals surface area (Å²) in [5.41, 5.74) is 2.08. The second-order valence-corrected chi connectivity index (χ2v) is 7.61. The Labute approximate surface area is 170 Å². The van der Waals surface area contributed by atoms with Crippen LogP contribution in [-0.2, 0) is 5.75 Å². The quantitative estimate of drug-likeness (QED) is 0.467. The Hall–Kier alpha value is -2.57. The molecule has 0 spiro atoms. The molecule has 1 aromatic heterocycles. The second-order valence-electron chi connectivity index (χ2n) is 6.50. The number of thioether (sulfide) groups is 1. The Balaban J connectivity index is 1.44. The van der Waals surface area contributed by atoms with E-state index in [2.05, 4.69) is 53.5 Å². The standard InChI is InChI=1S/C22H25N3O2S/c1-25(2)14-6-7-18-10-12-19(13-11-18)22-24-23-21(27-22)17-28-16-15-26-20-8-4-3-5-9-20/h3-13H,14-17H2,1-2H3/b7-6+. The summed E-state index contributed by atoms with van der Waals surface area (Å²) in [6.07, 6.45) is 4.25. The molecule has 5 nitrogen and oxygen atoms in total. The Morgan fingerprint density at radius 1 is 1.04 bits per heavy atom. The zero-order valence-electron chi connectivity index (χ0n) is 16.2. The summed E-state index contributed by atoms with van der Waals surface area (Å²) < 4.78 is 11.5. The molecule has 3 rings (SSSR count). The van der Waals surface area contributed by atoms with Crippen molar-refractivity contribution >= 4 is 17.8 Å². The normalized spacial score (nSPS) is 11.4. The molecule has 1 heterocycles. The molecular formula is C22H25N3O2S. The molecule has 0 aliphatic heterocycles. The first-order valence-corrected chi connectivity index (χ1v) is 10.4. The van der Waals surface area contributed by atoms with Crippen LogP contribution in [0.2, 0.25) is 0 Å². The van der Waals surface area contributed by atoms with E-state index in [4.69, 9.17) is 9.15 Å². The fourth-order valence-corrected chi connectivity index (χ4v) is 3.10. The number of hydrogen-bond donors (Lipinski definition) is 0. The molecule has 0 N–H and O–H groups in total.